The van der Waals surface area contributed by atoms with Crippen molar-refractivity contribution in [1.82, 2.24) is 24.8 Å². The van der Waals surface area contributed by atoms with Crippen LogP contribution < -0.4 is 10.6 Å². The largest absolute Gasteiger partial charge is 0.488 e. The molecule has 0 spiro atoms. The molecular formula is C25H34FN7O4S. The van der Waals surface area contributed by atoms with Gasteiger partial charge in [-0.3, -0.25) is 9.69 Å². The zero-order chi connectivity index (χ0) is 27.6. The van der Waals surface area contributed by atoms with Gasteiger partial charge in [0.1, 0.15) is 29.2 Å². The fourth-order valence-corrected chi connectivity index (χ4v) is 4.75. The first-order valence-electron chi connectivity index (χ1n) is 12.6. The van der Waals surface area contributed by atoms with Crippen molar-refractivity contribution in [3.05, 3.63) is 35.9 Å². The normalized spacial score (nSPS) is 18.9. The van der Waals surface area contributed by atoms with Gasteiger partial charge in [-0.05, 0) is 58.0 Å². The van der Waals surface area contributed by atoms with Crippen LogP contribution in [0, 0.1) is 5.82 Å². The second kappa shape index (κ2) is 11.2. The highest BCUT2D eigenvalue weighted by Crippen LogP contribution is 2.26. The average Bonchev–Trinajstić information content (AvgIpc) is 3.57. The van der Waals surface area contributed by atoms with Crippen molar-refractivity contribution in [1.29, 1.82) is 0 Å². The third-order valence-corrected chi connectivity index (χ3v) is 7.00. The number of hydrogen-bond donors (Lipinski definition) is 1. The van der Waals surface area contributed by atoms with Crippen molar-refractivity contribution in [3.63, 3.8) is 0 Å². The molecule has 0 saturated carbocycles. The van der Waals surface area contributed by atoms with Gasteiger partial charge in [-0.1, -0.05) is 5.21 Å². The Hall–Kier alpha value is -3.32. The van der Waals surface area contributed by atoms with E-state index in [0.717, 1.165) is 6.42 Å². The van der Waals surface area contributed by atoms with Crippen molar-refractivity contribution in [2.75, 3.05) is 44.7 Å². The highest BCUT2D eigenvalue weighted by Gasteiger charge is 2.39. The summed E-state index contributed by atoms with van der Waals surface area (Å²) in [6.45, 7) is 7.72. The number of methoxy groups -OCH3 is 1. The monoisotopic (exact) mass is 547 g/mol. The predicted octanol–water partition coefficient (Wildman–Crippen LogP) is 2.43. The fraction of sp³-hybridized carbons (Fsp3) is 0.560. The molecule has 2 amide bonds. The van der Waals surface area contributed by atoms with Gasteiger partial charge in [0.05, 0.1) is 24.7 Å². The first-order chi connectivity index (χ1) is 18.0. The summed E-state index contributed by atoms with van der Waals surface area (Å²) in [6, 6.07) is 3.57. The van der Waals surface area contributed by atoms with E-state index >= 15 is 4.39 Å². The van der Waals surface area contributed by atoms with Gasteiger partial charge < -0.3 is 25.0 Å². The van der Waals surface area contributed by atoms with E-state index in [4.69, 9.17) is 27.4 Å². The fourth-order valence-electron chi connectivity index (χ4n) is 4.63. The second-order valence-electron chi connectivity index (χ2n) is 10.4. The van der Waals surface area contributed by atoms with Crippen LogP contribution in [0.4, 0.5) is 14.9 Å². The molecule has 0 aliphatic carbocycles. The number of aromatic nitrogens is 3. The van der Waals surface area contributed by atoms with Crippen molar-refractivity contribution in [2.45, 2.75) is 51.3 Å². The van der Waals surface area contributed by atoms with Crippen molar-refractivity contribution in [3.8, 4) is 5.69 Å². The van der Waals surface area contributed by atoms with Crippen LogP contribution in [0.5, 0.6) is 0 Å². The summed E-state index contributed by atoms with van der Waals surface area (Å²) in [5.41, 5.74) is 6.70. The molecule has 2 saturated heterocycles. The molecule has 1 aromatic carbocycles. The Balaban J connectivity index is 1.37. The number of halogens is 1. The molecule has 2 atom stereocenters. The Labute approximate surface area is 226 Å². The van der Waals surface area contributed by atoms with E-state index in [2.05, 4.69) is 10.3 Å². The number of thiocarbonyl (C=S) groups is 1. The van der Waals surface area contributed by atoms with Gasteiger partial charge in [-0.25, -0.2) is 13.9 Å². The summed E-state index contributed by atoms with van der Waals surface area (Å²) in [6.07, 6.45) is 2.49. The number of carbonyl (C=O) groups excluding carboxylic acids is 2. The van der Waals surface area contributed by atoms with E-state index in [-0.39, 0.29) is 11.0 Å². The van der Waals surface area contributed by atoms with E-state index in [1.807, 2.05) is 4.90 Å². The van der Waals surface area contributed by atoms with E-state index in [1.54, 1.807) is 44.0 Å². The maximum atomic E-state index is 15.1. The molecule has 3 heterocycles. The number of ether oxygens (including phenoxy) is 2. The van der Waals surface area contributed by atoms with Gasteiger partial charge in [0.25, 0.3) is 0 Å². The number of benzene rings is 1. The van der Waals surface area contributed by atoms with Crippen LogP contribution in [0.15, 0.2) is 24.4 Å². The summed E-state index contributed by atoms with van der Waals surface area (Å²) < 4.78 is 27.0. The summed E-state index contributed by atoms with van der Waals surface area (Å²) in [7, 11) is 1.43. The third kappa shape index (κ3) is 6.04. The molecule has 4 rings (SSSR count). The Morgan fingerprint density at radius 2 is 1.89 bits per heavy atom. The topological polar surface area (TPSA) is 119 Å². The summed E-state index contributed by atoms with van der Waals surface area (Å²) in [5.74, 6) is -0.500. The first-order valence-corrected chi connectivity index (χ1v) is 13.0. The van der Waals surface area contributed by atoms with Gasteiger partial charge >= 0.3 is 6.09 Å². The number of rotatable bonds is 5. The maximum absolute atomic E-state index is 15.1. The number of nitrogens with zero attached hydrogens (tertiary/aromatic N) is 6. The summed E-state index contributed by atoms with van der Waals surface area (Å²) >= 11 is 5.05. The standard InChI is InChI=1S/C25H34FN7O4S/c1-25(2,3)37-24(35)32-9-5-6-20(32)22(34)31-12-10-30(11-13-31)19-8-7-16(14-17(19)26)33-15-18(28-29-33)21(27)23(38)36-4/h7-8,14-15,20-21H,5-6,9-13,27H2,1-4H3. The molecular weight excluding hydrogens is 513 g/mol. The van der Waals surface area contributed by atoms with Gasteiger partial charge in [-0.15, -0.1) is 5.10 Å². The van der Waals surface area contributed by atoms with Crippen LogP contribution in [-0.2, 0) is 14.3 Å². The highest BCUT2D eigenvalue weighted by atomic mass is 32.1. The van der Waals surface area contributed by atoms with E-state index < -0.39 is 29.6 Å². The molecule has 206 valence electrons. The van der Waals surface area contributed by atoms with Crippen LogP contribution in [0.3, 0.4) is 0 Å². The van der Waals surface area contributed by atoms with Crippen LogP contribution in [-0.4, -0.2) is 93.3 Å². The molecule has 0 bridgehead atoms. The first kappa shape index (κ1) is 27.7. The van der Waals surface area contributed by atoms with Crippen molar-refractivity contribution in [2.24, 2.45) is 5.73 Å². The Morgan fingerprint density at radius 3 is 2.53 bits per heavy atom. The molecule has 0 radical (unpaired) electrons. The van der Waals surface area contributed by atoms with E-state index in [9.17, 15) is 9.59 Å². The van der Waals surface area contributed by atoms with Crippen molar-refractivity contribution >= 4 is 35.0 Å². The van der Waals surface area contributed by atoms with Crippen LogP contribution in [0.25, 0.3) is 5.69 Å². The van der Waals surface area contributed by atoms with Gasteiger partial charge in [0, 0.05) is 38.8 Å². The third-order valence-electron chi connectivity index (χ3n) is 6.58. The second-order valence-corrected chi connectivity index (χ2v) is 10.8. The van der Waals surface area contributed by atoms with E-state index in [0.29, 0.717) is 56.2 Å². The zero-order valence-electron chi connectivity index (χ0n) is 22.1. The Bertz CT molecular complexity index is 1190. The molecule has 2 aliphatic rings. The van der Waals surface area contributed by atoms with Crippen LogP contribution in [0.1, 0.15) is 45.3 Å². The quantitative estimate of drug-likeness (QED) is 0.563. The molecule has 2 unspecified atom stereocenters. The highest BCUT2D eigenvalue weighted by molar-refractivity contribution is 7.80. The minimum absolute atomic E-state index is 0.0861. The molecule has 38 heavy (non-hydrogen) atoms. The Morgan fingerprint density at radius 1 is 1.18 bits per heavy atom. The lowest BCUT2D eigenvalue weighted by molar-refractivity contribution is -0.136. The van der Waals surface area contributed by atoms with Crippen molar-refractivity contribution < 1.29 is 23.5 Å². The lowest BCUT2D eigenvalue weighted by atomic mass is 10.1. The number of piperazine rings is 1. The maximum Gasteiger partial charge on any atom is 0.410 e. The molecule has 2 N–H and O–H groups in total. The minimum Gasteiger partial charge on any atom is -0.488 e. The molecule has 2 aromatic rings. The van der Waals surface area contributed by atoms with Gasteiger partial charge in [0.15, 0.2) is 5.05 Å². The summed E-state index contributed by atoms with van der Waals surface area (Å²) in [4.78, 5) is 31.0. The number of carbonyl (C=O) groups is 2. The smallest absolute Gasteiger partial charge is 0.410 e. The number of amides is 2. The predicted molar refractivity (Wildman–Crippen MR) is 143 cm³/mol. The number of nitrogens with two attached hydrogens (primary N) is 1. The van der Waals surface area contributed by atoms with Gasteiger partial charge in [0.2, 0.25) is 5.91 Å². The minimum atomic E-state index is -0.715. The molecule has 11 nitrogen and oxygen atoms in total. The molecule has 2 fully saturated rings. The lowest BCUT2D eigenvalue weighted by Crippen LogP contribution is -2.55. The Kier molecular flexibility index (Phi) is 8.16. The number of anilines is 1. The molecule has 13 heteroatoms. The average molecular weight is 548 g/mol. The van der Waals surface area contributed by atoms with Crippen LogP contribution >= 0.6 is 12.2 Å². The van der Waals surface area contributed by atoms with E-state index in [1.165, 1.54) is 22.8 Å². The molecule has 2 aliphatic heterocycles. The summed E-state index contributed by atoms with van der Waals surface area (Å²) in [5, 5.41) is 8.22. The zero-order valence-corrected chi connectivity index (χ0v) is 22.9. The lowest BCUT2D eigenvalue weighted by Gasteiger charge is -2.38. The number of hydrogen-bond acceptors (Lipinski definition) is 9. The number of likely N-dealkylation sites (tertiary alicyclic amines) is 1. The van der Waals surface area contributed by atoms with Gasteiger partial charge in [-0.2, -0.15) is 0 Å². The SMILES string of the molecule is COC(=S)C(N)c1cn(-c2ccc(N3CCN(C(=O)C4CCCN4C(=O)OC(C)(C)C)CC3)c(F)c2)nn1. The van der Waals surface area contributed by atoms with Crippen LogP contribution in [0.2, 0.25) is 0 Å². The molecule has 1 aromatic heterocycles.